The maximum absolute atomic E-state index is 13.0. The standard InChI is InChI=1S/C25H32ClN3O3S/c1-16-13-28(6-7-29(16)25(31)19-5-4-8-32-15-19)14-21-10-22(26)9-20(17(21)2)11-23(30)24-12-27-18(3)33-24/h9-10,12,16,19H,4-8,11,13-15H2,1-3H3/t16-,19+/m0/s1. The van der Waals surface area contributed by atoms with Crippen LogP contribution in [0.25, 0.3) is 0 Å². The average Bonchev–Trinajstić information content (AvgIpc) is 3.23. The molecule has 0 unspecified atom stereocenters. The van der Waals surface area contributed by atoms with Gasteiger partial charge in [0.15, 0.2) is 5.78 Å². The number of ketones is 1. The number of hydrogen-bond donors (Lipinski definition) is 0. The van der Waals surface area contributed by atoms with E-state index in [1.54, 1.807) is 6.20 Å². The first-order valence-corrected chi connectivity index (χ1v) is 12.9. The highest BCUT2D eigenvalue weighted by Crippen LogP contribution is 2.26. The molecule has 0 aliphatic carbocycles. The Morgan fingerprint density at radius 3 is 2.70 bits per heavy atom. The number of benzene rings is 1. The maximum Gasteiger partial charge on any atom is 0.228 e. The molecule has 0 radical (unpaired) electrons. The minimum Gasteiger partial charge on any atom is -0.381 e. The Hall–Kier alpha value is -1.80. The molecule has 33 heavy (non-hydrogen) atoms. The second kappa shape index (κ2) is 10.6. The summed E-state index contributed by atoms with van der Waals surface area (Å²) < 4.78 is 5.52. The van der Waals surface area contributed by atoms with E-state index in [1.807, 2.05) is 24.0 Å². The Balaban J connectivity index is 1.41. The number of aromatic nitrogens is 1. The highest BCUT2D eigenvalue weighted by atomic mass is 35.5. The van der Waals surface area contributed by atoms with Crippen molar-refractivity contribution in [3.05, 3.63) is 49.9 Å². The van der Waals surface area contributed by atoms with Crippen LogP contribution >= 0.6 is 22.9 Å². The second-order valence-electron chi connectivity index (χ2n) is 9.22. The molecule has 0 spiro atoms. The summed E-state index contributed by atoms with van der Waals surface area (Å²) in [5.41, 5.74) is 3.21. The van der Waals surface area contributed by atoms with E-state index in [-0.39, 0.29) is 23.7 Å². The molecule has 1 amide bonds. The van der Waals surface area contributed by atoms with Crippen molar-refractivity contribution in [1.82, 2.24) is 14.8 Å². The smallest absolute Gasteiger partial charge is 0.228 e. The Morgan fingerprint density at radius 2 is 2.03 bits per heavy atom. The summed E-state index contributed by atoms with van der Waals surface area (Å²) in [4.78, 5) is 35.0. The van der Waals surface area contributed by atoms with E-state index in [1.165, 1.54) is 11.3 Å². The molecule has 178 valence electrons. The number of carbonyl (C=O) groups excluding carboxylic acids is 2. The summed E-state index contributed by atoms with van der Waals surface area (Å²) in [5.74, 6) is 0.314. The number of Topliss-reactive ketones (excluding diaryl/α,β-unsaturated/α-hetero) is 1. The fourth-order valence-corrected chi connectivity index (χ4v) is 5.79. The number of halogens is 1. The molecular formula is C25H32ClN3O3S. The van der Waals surface area contributed by atoms with Gasteiger partial charge in [0, 0.05) is 56.5 Å². The van der Waals surface area contributed by atoms with Gasteiger partial charge in [-0.15, -0.1) is 11.3 Å². The van der Waals surface area contributed by atoms with Gasteiger partial charge in [-0.2, -0.15) is 0 Å². The van der Waals surface area contributed by atoms with Crippen LogP contribution < -0.4 is 0 Å². The first kappa shape index (κ1) is 24.3. The van der Waals surface area contributed by atoms with Crippen molar-refractivity contribution in [2.75, 3.05) is 32.8 Å². The minimum atomic E-state index is 0.00496. The van der Waals surface area contributed by atoms with Crippen molar-refractivity contribution in [3.63, 3.8) is 0 Å². The molecule has 2 aliphatic rings. The van der Waals surface area contributed by atoms with Gasteiger partial charge < -0.3 is 9.64 Å². The average molecular weight is 490 g/mol. The zero-order valence-corrected chi connectivity index (χ0v) is 21.2. The fraction of sp³-hybridized carbons (Fsp3) is 0.560. The number of amides is 1. The van der Waals surface area contributed by atoms with Crippen LogP contribution in [0, 0.1) is 19.8 Å². The summed E-state index contributed by atoms with van der Waals surface area (Å²) in [7, 11) is 0. The molecule has 3 heterocycles. The number of carbonyl (C=O) groups is 2. The van der Waals surface area contributed by atoms with Gasteiger partial charge in [0.25, 0.3) is 0 Å². The maximum atomic E-state index is 13.0. The number of rotatable bonds is 6. The molecule has 2 aliphatic heterocycles. The summed E-state index contributed by atoms with van der Waals surface area (Å²) in [6, 6.07) is 4.06. The van der Waals surface area contributed by atoms with Crippen LogP contribution in [0.3, 0.4) is 0 Å². The molecule has 0 saturated carbocycles. The van der Waals surface area contributed by atoms with E-state index >= 15 is 0 Å². The van der Waals surface area contributed by atoms with E-state index in [0.29, 0.717) is 22.9 Å². The number of nitrogens with zero attached hydrogens (tertiary/aromatic N) is 3. The quantitative estimate of drug-likeness (QED) is 0.566. The zero-order chi connectivity index (χ0) is 23.5. The molecule has 0 N–H and O–H groups in total. The van der Waals surface area contributed by atoms with Crippen LogP contribution in [-0.2, 0) is 22.5 Å². The summed E-state index contributed by atoms with van der Waals surface area (Å²) in [6.07, 6.45) is 3.87. The highest BCUT2D eigenvalue weighted by molar-refractivity contribution is 7.13. The third-order valence-electron chi connectivity index (χ3n) is 6.73. The molecule has 2 saturated heterocycles. The predicted molar refractivity (Wildman–Crippen MR) is 131 cm³/mol. The largest absolute Gasteiger partial charge is 0.381 e. The van der Waals surface area contributed by atoms with Gasteiger partial charge in [-0.3, -0.25) is 14.5 Å². The van der Waals surface area contributed by atoms with Gasteiger partial charge in [-0.25, -0.2) is 4.98 Å². The Bertz CT molecular complexity index is 1020. The lowest BCUT2D eigenvalue weighted by molar-refractivity contribution is -0.144. The molecule has 0 bridgehead atoms. The van der Waals surface area contributed by atoms with Gasteiger partial charge in [0.1, 0.15) is 0 Å². The molecule has 2 fully saturated rings. The number of hydrogen-bond acceptors (Lipinski definition) is 6. The summed E-state index contributed by atoms with van der Waals surface area (Å²) >= 11 is 7.88. The van der Waals surface area contributed by atoms with Crippen LogP contribution in [0.4, 0.5) is 0 Å². The normalized spacial score (nSPS) is 21.9. The van der Waals surface area contributed by atoms with Crippen molar-refractivity contribution in [2.24, 2.45) is 5.92 Å². The van der Waals surface area contributed by atoms with Crippen LogP contribution in [0.1, 0.15) is 51.1 Å². The van der Waals surface area contributed by atoms with Crippen LogP contribution in [0.2, 0.25) is 5.02 Å². The molecule has 4 rings (SSSR count). The lowest BCUT2D eigenvalue weighted by atomic mass is 9.97. The topological polar surface area (TPSA) is 62.7 Å². The van der Waals surface area contributed by atoms with Crippen LogP contribution in [-0.4, -0.2) is 65.4 Å². The van der Waals surface area contributed by atoms with Crippen molar-refractivity contribution in [3.8, 4) is 0 Å². The van der Waals surface area contributed by atoms with Crippen LogP contribution in [0.5, 0.6) is 0 Å². The van der Waals surface area contributed by atoms with Crippen molar-refractivity contribution in [1.29, 1.82) is 0 Å². The highest BCUT2D eigenvalue weighted by Gasteiger charge is 2.33. The molecule has 8 heteroatoms. The monoisotopic (exact) mass is 489 g/mol. The third-order valence-corrected chi connectivity index (χ3v) is 7.90. The molecule has 2 atom stereocenters. The zero-order valence-electron chi connectivity index (χ0n) is 19.6. The summed E-state index contributed by atoms with van der Waals surface area (Å²) in [6.45, 7) is 10.5. The number of ether oxygens (including phenoxy) is 1. The van der Waals surface area contributed by atoms with E-state index in [9.17, 15) is 9.59 Å². The van der Waals surface area contributed by atoms with Gasteiger partial charge in [-0.05, 0) is 62.4 Å². The first-order chi connectivity index (χ1) is 15.8. The SMILES string of the molecule is Cc1ncc(C(=O)Cc2cc(Cl)cc(CN3CCN(C(=O)[C@@H]4CCCOC4)[C@@H](C)C3)c2C)s1. The minimum absolute atomic E-state index is 0.00496. The predicted octanol–water partition coefficient (Wildman–Crippen LogP) is 4.30. The first-order valence-electron chi connectivity index (χ1n) is 11.7. The van der Waals surface area contributed by atoms with Gasteiger partial charge in [0.05, 0.1) is 22.4 Å². The van der Waals surface area contributed by atoms with Gasteiger partial charge in [0.2, 0.25) is 5.91 Å². The second-order valence-corrected chi connectivity index (χ2v) is 10.9. The van der Waals surface area contributed by atoms with Gasteiger partial charge in [-0.1, -0.05) is 11.6 Å². The lowest BCUT2D eigenvalue weighted by Gasteiger charge is -2.42. The number of thiazole rings is 1. The van der Waals surface area contributed by atoms with Crippen molar-refractivity contribution < 1.29 is 14.3 Å². The molecule has 1 aromatic carbocycles. The molecule has 1 aromatic heterocycles. The van der Waals surface area contributed by atoms with Crippen molar-refractivity contribution in [2.45, 2.75) is 52.6 Å². The van der Waals surface area contributed by atoms with E-state index in [2.05, 4.69) is 23.7 Å². The molecule has 6 nitrogen and oxygen atoms in total. The van der Waals surface area contributed by atoms with Gasteiger partial charge >= 0.3 is 0 Å². The molecule has 2 aromatic rings. The van der Waals surface area contributed by atoms with Crippen molar-refractivity contribution >= 4 is 34.6 Å². The van der Waals surface area contributed by atoms with E-state index in [4.69, 9.17) is 16.3 Å². The Kier molecular flexibility index (Phi) is 7.84. The Labute approximate surface area is 204 Å². The molecular weight excluding hydrogens is 458 g/mol. The van der Waals surface area contributed by atoms with E-state index in [0.717, 1.165) is 67.3 Å². The van der Waals surface area contributed by atoms with Crippen LogP contribution in [0.15, 0.2) is 18.3 Å². The number of piperazine rings is 1. The van der Waals surface area contributed by atoms with E-state index < -0.39 is 0 Å². The fourth-order valence-electron chi connectivity index (χ4n) is 4.81. The summed E-state index contributed by atoms with van der Waals surface area (Å²) in [5, 5.41) is 1.54. The Morgan fingerprint density at radius 1 is 1.24 bits per heavy atom. The number of aryl methyl sites for hydroxylation is 1. The third kappa shape index (κ3) is 5.83. The lowest BCUT2D eigenvalue weighted by Crippen LogP contribution is -2.55.